The van der Waals surface area contributed by atoms with Gasteiger partial charge in [-0.15, -0.1) is 0 Å². The van der Waals surface area contributed by atoms with Crippen molar-refractivity contribution >= 4 is 17.9 Å². The molecule has 1 unspecified atom stereocenters. The van der Waals surface area contributed by atoms with Gasteiger partial charge >= 0.3 is 17.9 Å². The monoisotopic (exact) mass is 1140 g/mol. The van der Waals surface area contributed by atoms with E-state index in [0.717, 1.165) is 77.0 Å². The van der Waals surface area contributed by atoms with Crippen LogP contribution < -0.4 is 0 Å². The van der Waals surface area contributed by atoms with Gasteiger partial charge in [-0.25, -0.2) is 0 Å². The van der Waals surface area contributed by atoms with Crippen molar-refractivity contribution in [3.05, 3.63) is 48.6 Å². The minimum Gasteiger partial charge on any atom is -0.462 e. The number of hydrogen-bond donors (Lipinski definition) is 0. The van der Waals surface area contributed by atoms with Crippen LogP contribution in [0.4, 0.5) is 0 Å². The van der Waals surface area contributed by atoms with E-state index in [2.05, 4.69) is 69.4 Å². The Hall–Kier alpha value is -2.63. The molecular weight excluding hydrogens is 997 g/mol. The average molecular weight is 1140 g/mol. The summed E-state index contributed by atoms with van der Waals surface area (Å²) < 4.78 is 17.0. The molecule has 81 heavy (non-hydrogen) atoms. The van der Waals surface area contributed by atoms with Crippen LogP contribution in [0.1, 0.15) is 393 Å². The molecule has 474 valence electrons. The Morgan fingerprint density at radius 1 is 0.247 bits per heavy atom. The van der Waals surface area contributed by atoms with Crippen molar-refractivity contribution in [2.45, 2.75) is 399 Å². The van der Waals surface area contributed by atoms with Crippen molar-refractivity contribution in [1.82, 2.24) is 0 Å². The number of unbranched alkanes of at least 4 members (excludes halogenated alkanes) is 48. The zero-order valence-electron chi connectivity index (χ0n) is 54.6. The van der Waals surface area contributed by atoms with Gasteiger partial charge in [0.05, 0.1) is 0 Å². The van der Waals surface area contributed by atoms with Crippen LogP contribution >= 0.6 is 0 Å². The third-order valence-corrected chi connectivity index (χ3v) is 16.3. The molecule has 0 aliphatic heterocycles. The lowest BCUT2D eigenvalue weighted by molar-refractivity contribution is -0.167. The maximum absolute atomic E-state index is 12.9. The molecule has 0 radical (unpaired) electrons. The van der Waals surface area contributed by atoms with Crippen molar-refractivity contribution in [2.75, 3.05) is 13.2 Å². The highest BCUT2D eigenvalue weighted by Gasteiger charge is 2.19. The molecule has 0 fully saturated rings. The fourth-order valence-corrected chi connectivity index (χ4v) is 10.9. The fraction of sp³-hybridized carbons (Fsp3) is 0.853. The van der Waals surface area contributed by atoms with E-state index in [1.807, 2.05) is 0 Å². The Kier molecular flexibility index (Phi) is 67.6. The van der Waals surface area contributed by atoms with Crippen molar-refractivity contribution in [1.29, 1.82) is 0 Å². The van der Waals surface area contributed by atoms with E-state index in [9.17, 15) is 14.4 Å². The number of carbonyl (C=O) groups is 3. The van der Waals surface area contributed by atoms with E-state index in [4.69, 9.17) is 14.2 Å². The van der Waals surface area contributed by atoms with Crippen molar-refractivity contribution < 1.29 is 28.6 Å². The summed E-state index contributed by atoms with van der Waals surface area (Å²) in [4.78, 5) is 38.4. The quantitative estimate of drug-likeness (QED) is 0.0261. The Morgan fingerprint density at radius 3 is 0.716 bits per heavy atom. The molecule has 0 saturated carbocycles. The molecule has 0 saturated heterocycles. The molecule has 0 aromatic carbocycles. The lowest BCUT2D eigenvalue weighted by Gasteiger charge is -2.18. The van der Waals surface area contributed by atoms with Crippen molar-refractivity contribution in [3.8, 4) is 0 Å². The first-order valence-electron chi connectivity index (χ1n) is 36.1. The molecule has 0 N–H and O–H groups in total. The predicted molar refractivity (Wildman–Crippen MR) is 353 cm³/mol. The number of hydrogen-bond acceptors (Lipinski definition) is 6. The van der Waals surface area contributed by atoms with E-state index in [0.29, 0.717) is 19.3 Å². The Balaban J connectivity index is 4.17. The second-order valence-electron chi connectivity index (χ2n) is 24.5. The molecule has 0 aromatic heterocycles. The van der Waals surface area contributed by atoms with Crippen LogP contribution in [-0.4, -0.2) is 37.2 Å². The third kappa shape index (κ3) is 68.0. The standard InChI is InChI=1S/C75H138O6/c1-4-7-10-13-16-19-22-25-27-29-31-32-33-34-35-36-37-38-39-40-41-42-44-45-47-50-53-56-59-62-65-68-74(77)80-71-72(70-79-73(76)67-64-61-58-55-52-49-24-21-18-15-12-9-6-3)81-75(78)69-66-63-60-57-54-51-48-46-43-30-28-26-23-20-17-14-11-8-5-2/h21-22,24-25,29,31,33-34,72H,4-20,23,26-28,30,32,35-71H2,1-3H3/b24-21-,25-22-,31-29-,34-33-. The molecule has 6 nitrogen and oxygen atoms in total. The lowest BCUT2D eigenvalue weighted by atomic mass is 10.0. The van der Waals surface area contributed by atoms with Gasteiger partial charge in [0.2, 0.25) is 0 Å². The van der Waals surface area contributed by atoms with Gasteiger partial charge < -0.3 is 14.2 Å². The maximum atomic E-state index is 12.9. The van der Waals surface area contributed by atoms with Crippen LogP contribution in [0, 0.1) is 0 Å². The second-order valence-corrected chi connectivity index (χ2v) is 24.5. The molecule has 6 heteroatoms. The number of esters is 3. The zero-order chi connectivity index (χ0) is 58.5. The molecule has 1 atom stereocenters. The second kappa shape index (κ2) is 69.9. The SMILES string of the molecule is CCCCCC/C=C\CCCCCCCC(=O)OCC(COC(=O)CCCCCCCCCCCCCCCCCC/C=C\C/C=C\C/C=C\CCCCCCC)OC(=O)CCCCCCCCCCCCCCCCCCCCC. The predicted octanol–water partition coefficient (Wildman–Crippen LogP) is 24.9. The number of allylic oxidation sites excluding steroid dienone is 8. The minimum absolute atomic E-state index is 0.0704. The maximum Gasteiger partial charge on any atom is 0.306 e. The highest BCUT2D eigenvalue weighted by molar-refractivity contribution is 5.71. The smallest absolute Gasteiger partial charge is 0.306 e. The normalized spacial score (nSPS) is 12.3. The molecule has 0 amide bonds. The van der Waals surface area contributed by atoms with Crippen LogP contribution in [0.5, 0.6) is 0 Å². The summed E-state index contributed by atoms with van der Waals surface area (Å²) in [7, 11) is 0. The summed E-state index contributed by atoms with van der Waals surface area (Å²) in [6.45, 7) is 6.68. The molecular formula is C75H138O6. The topological polar surface area (TPSA) is 78.9 Å². The minimum atomic E-state index is -0.774. The number of ether oxygens (including phenoxy) is 3. The lowest BCUT2D eigenvalue weighted by Crippen LogP contribution is -2.30. The van der Waals surface area contributed by atoms with Crippen molar-refractivity contribution in [2.24, 2.45) is 0 Å². The van der Waals surface area contributed by atoms with E-state index in [1.54, 1.807) is 0 Å². The Labute approximate surface area is 505 Å². The van der Waals surface area contributed by atoms with Gasteiger partial charge in [0.1, 0.15) is 13.2 Å². The van der Waals surface area contributed by atoms with Gasteiger partial charge in [-0.1, -0.05) is 339 Å². The number of rotatable bonds is 67. The summed E-state index contributed by atoms with van der Waals surface area (Å²) in [5.74, 6) is -0.852. The van der Waals surface area contributed by atoms with Crippen LogP contribution in [0.3, 0.4) is 0 Å². The highest BCUT2D eigenvalue weighted by atomic mass is 16.6. The van der Waals surface area contributed by atoms with Crippen LogP contribution in [-0.2, 0) is 28.6 Å². The molecule has 0 aromatic rings. The molecule has 0 heterocycles. The van der Waals surface area contributed by atoms with E-state index < -0.39 is 6.10 Å². The van der Waals surface area contributed by atoms with E-state index in [1.165, 1.54) is 276 Å². The summed E-state index contributed by atoms with van der Waals surface area (Å²) >= 11 is 0. The summed E-state index contributed by atoms with van der Waals surface area (Å²) in [6.07, 6.45) is 88.6. The Bertz CT molecular complexity index is 1400. The summed E-state index contributed by atoms with van der Waals surface area (Å²) in [5, 5.41) is 0. The van der Waals surface area contributed by atoms with Crippen molar-refractivity contribution in [3.63, 3.8) is 0 Å². The van der Waals surface area contributed by atoms with E-state index >= 15 is 0 Å². The largest absolute Gasteiger partial charge is 0.462 e. The Morgan fingerprint density at radius 2 is 0.444 bits per heavy atom. The van der Waals surface area contributed by atoms with Crippen LogP contribution in [0.15, 0.2) is 48.6 Å². The molecule has 0 rings (SSSR count). The first-order chi connectivity index (χ1) is 40.0. The zero-order valence-corrected chi connectivity index (χ0v) is 54.6. The first kappa shape index (κ1) is 78.4. The van der Waals surface area contributed by atoms with E-state index in [-0.39, 0.29) is 31.1 Å². The van der Waals surface area contributed by atoms with Crippen LogP contribution in [0.2, 0.25) is 0 Å². The van der Waals surface area contributed by atoms with Gasteiger partial charge in [0, 0.05) is 19.3 Å². The van der Waals surface area contributed by atoms with Gasteiger partial charge in [-0.3, -0.25) is 14.4 Å². The molecule has 0 bridgehead atoms. The highest BCUT2D eigenvalue weighted by Crippen LogP contribution is 2.18. The first-order valence-corrected chi connectivity index (χ1v) is 36.1. The third-order valence-electron chi connectivity index (χ3n) is 16.3. The van der Waals surface area contributed by atoms with Gasteiger partial charge in [0.25, 0.3) is 0 Å². The summed E-state index contributed by atoms with van der Waals surface area (Å²) in [6, 6.07) is 0. The summed E-state index contributed by atoms with van der Waals surface area (Å²) in [5.41, 5.74) is 0. The van der Waals surface area contributed by atoms with Gasteiger partial charge in [0.15, 0.2) is 6.10 Å². The molecule has 0 aliphatic carbocycles. The average Bonchev–Trinajstić information content (AvgIpc) is 3.46. The fourth-order valence-electron chi connectivity index (χ4n) is 10.9. The molecule has 0 spiro atoms. The van der Waals surface area contributed by atoms with Gasteiger partial charge in [-0.2, -0.15) is 0 Å². The van der Waals surface area contributed by atoms with Gasteiger partial charge in [-0.05, 0) is 83.5 Å². The van der Waals surface area contributed by atoms with Crippen LogP contribution in [0.25, 0.3) is 0 Å². The molecule has 0 aliphatic rings. The number of carbonyl (C=O) groups excluding carboxylic acids is 3.